The molecule has 2 aromatic carbocycles. The average molecular weight is 336 g/mol. The highest BCUT2D eigenvalue weighted by atomic mass is 19.1. The standard InChI is InChI=1S/C20H17FN2O2/c1-25-18-9-2-14(3-10-18)12-23-20(24)16-6-11-19(22-13-16)15-4-7-17(21)8-5-15/h2-11,13H,12H2,1H3,(H,23,24). The number of aromatic nitrogens is 1. The molecule has 0 unspecified atom stereocenters. The monoisotopic (exact) mass is 336 g/mol. The molecule has 0 aliphatic heterocycles. The van der Waals surface area contributed by atoms with Gasteiger partial charge in [0, 0.05) is 18.3 Å². The van der Waals surface area contributed by atoms with Gasteiger partial charge in [0.25, 0.3) is 5.91 Å². The van der Waals surface area contributed by atoms with E-state index in [0.717, 1.165) is 16.9 Å². The number of benzene rings is 2. The fourth-order valence-corrected chi connectivity index (χ4v) is 2.35. The van der Waals surface area contributed by atoms with Crippen molar-refractivity contribution in [3.63, 3.8) is 0 Å². The summed E-state index contributed by atoms with van der Waals surface area (Å²) in [5.41, 5.74) is 2.93. The van der Waals surface area contributed by atoms with Gasteiger partial charge in [0.15, 0.2) is 0 Å². The van der Waals surface area contributed by atoms with E-state index in [4.69, 9.17) is 4.74 Å². The van der Waals surface area contributed by atoms with Gasteiger partial charge in [0.05, 0.1) is 18.4 Å². The first kappa shape index (κ1) is 16.6. The lowest BCUT2D eigenvalue weighted by atomic mass is 10.1. The first-order chi connectivity index (χ1) is 12.2. The summed E-state index contributed by atoms with van der Waals surface area (Å²) in [5.74, 6) is 0.280. The Labute approximate surface area is 145 Å². The predicted molar refractivity (Wildman–Crippen MR) is 93.8 cm³/mol. The second-order valence-electron chi connectivity index (χ2n) is 5.47. The van der Waals surface area contributed by atoms with Crippen LogP contribution in [0.3, 0.4) is 0 Å². The van der Waals surface area contributed by atoms with Crippen LogP contribution in [0.25, 0.3) is 11.3 Å². The molecule has 3 rings (SSSR count). The molecule has 0 aliphatic carbocycles. The Morgan fingerprint density at radius 1 is 1.04 bits per heavy atom. The van der Waals surface area contributed by atoms with Gasteiger partial charge < -0.3 is 10.1 Å². The molecule has 0 bridgehead atoms. The summed E-state index contributed by atoms with van der Waals surface area (Å²) in [4.78, 5) is 16.5. The maximum atomic E-state index is 13.0. The van der Waals surface area contributed by atoms with Crippen LogP contribution < -0.4 is 10.1 Å². The first-order valence-corrected chi connectivity index (χ1v) is 7.79. The van der Waals surface area contributed by atoms with Crippen molar-refractivity contribution in [1.29, 1.82) is 0 Å². The van der Waals surface area contributed by atoms with E-state index in [1.807, 2.05) is 24.3 Å². The molecule has 0 aliphatic rings. The number of amides is 1. The largest absolute Gasteiger partial charge is 0.497 e. The number of hydrogen-bond donors (Lipinski definition) is 1. The van der Waals surface area contributed by atoms with Crippen LogP contribution in [0.15, 0.2) is 66.9 Å². The van der Waals surface area contributed by atoms with Gasteiger partial charge in [-0.2, -0.15) is 0 Å². The Bertz CT molecular complexity index is 844. The van der Waals surface area contributed by atoms with E-state index in [9.17, 15) is 9.18 Å². The van der Waals surface area contributed by atoms with Gasteiger partial charge in [-0.15, -0.1) is 0 Å². The summed E-state index contributed by atoms with van der Waals surface area (Å²) in [5, 5.41) is 2.85. The zero-order valence-electron chi connectivity index (χ0n) is 13.7. The number of methoxy groups -OCH3 is 1. The molecule has 25 heavy (non-hydrogen) atoms. The van der Waals surface area contributed by atoms with Crippen molar-refractivity contribution in [3.05, 3.63) is 83.8 Å². The number of rotatable bonds is 5. The van der Waals surface area contributed by atoms with Crippen molar-refractivity contribution in [2.24, 2.45) is 0 Å². The summed E-state index contributed by atoms with van der Waals surface area (Å²) >= 11 is 0. The Morgan fingerprint density at radius 3 is 2.36 bits per heavy atom. The lowest BCUT2D eigenvalue weighted by Crippen LogP contribution is -2.22. The molecule has 1 amide bonds. The molecule has 0 saturated carbocycles. The molecular formula is C20H17FN2O2. The van der Waals surface area contributed by atoms with Crippen LogP contribution in [-0.2, 0) is 6.54 Å². The van der Waals surface area contributed by atoms with Gasteiger partial charge >= 0.3 is 0 Å². The van der Waals surface area contributed by atoms with Crippen LogP contribution in [0.4, 0.5) is 4.39 Å². The van der Waals surface area contributed by atoms with Crippen molar-refractivity contribution >= 4 is 5.91 Å². The lowest BCUT2D eigenvalue weighted by Gasteiger charge is -2.07. The summed E-state index contributed by atoms with van der Waals surface area (Å²) in [6.45, 7) is 0.419. The Balaban J connectivity index is 1.63. The highest BCUT2D eigenvalue weighted by Gasteiger charge is 2.07. The average Bonchev–Trinajstić information content (AvgIpc) is 2.67. The van der Waals surface area contributed by atoms with E-state index < -0.39 is 0 Å². The number of ether oxygens (including phenoxy) is 1. The summed E-state index contributed by atoms with van der Waals surface area (Å²) < 4.78 is 18.1. The number of carbonyl (C=O) groups excluding carboxylic acids is 1. The second-order valence-corrected chi connectivity index (χ2v) is 5.47. The van der Waals surface area contributed by atoms with Crippen LogP contribution >= 0.6 is 0 Å². The molecule has 1 aromatic heterocycles. The molecule has 0 saturated heterocycles. The molecule has 1 heterocycles. The van der Waals surface area contributed by atoms with Crippen molar-refractivity contribution < 1.29 is 13.9 Å². The van der Waals surface area contributed by atoms with Crippen molar-refractivity contribution in [2.75, 3.05) is 7.11 Å². The van der Waals surface area contributed by atoms with E-state index >= 15 is 0 Å². The third-order valence-corrected chi connectivity index (χ3v) is 3.78. The number of carbonyl (C=O) groups is 1. The molecule has 4 nitrogen and oxygen atoms in total. The van der Waals surface area contributed by atoms with Gasteiger partial charge in [-0.3, -0.25) is 9.78 Å². The third-order valence-electron chi connectivity index (χ3n) is 3.78. The van der Waals surface area contributed by atoms with Crippen molar-refractivity contribution in [2.45, 2.75) is 6.54 Å². The molecule has 3 aromatic rings. The summed E-state index contributed by atoms with van der Waals surface area (Å²) in [6, 6.07) is 17.0. The molecule has 126 valence electrons. The van der Waals surface area contributed by atoms with E-state index in [0.29, 0.717) is 17.8 Å². The minimum atomic E-state index is -0.293. The molecule has 0 spiro atoms. The Hall–Kier alpha value is -3.21. The zero-order valence-corrected chi connectivity index (χ0v) is 13.7. The fraction of sp³-hybridized carbons (Fsp3) is 0.100. The van der Waals surface area contributed by atoms with E-state index in [1.54, 1.807) is 31.4 Å². The topological polar surface area (TPSA) is 51.2 Å². The lowest BCUT2D eigenvalue weighted by molar-refractivity contribution is 0.0950. The van der Waals surface area contributed by atoms with Gasteiger partial charge in [-0.1, -0.05) is 12.1 Å². The number of halogens is 1. The second kappa shape index (κ2) is 7.57. The minimum Gasteiger partial charge on any atom is -0.497 e. The highest BCUT2D eigenvalue weighted by molar-refractivity contribution is 5.94. The normalized spacial score (nSPS) is 10.3. The van der Waals surface area contributed by atoms with Gasteiger partial charge in [-0.25, -0.2) is 4.39 Å². The van der Waals surface area contributed by atoms with E-state index in [-0.39, 0.29) is 11.7 Å². The highest BCUT2D eigenvalue weighted by Crippen LogP contribution is 2.17. The first-order valence-electron chi connectivity index (χ1n) is 7.79. The van der Waals surface area contributed by atoms with Crippen LogP contribution in [0.5, 0.6) is 5.75 Å². The number of pyridine rings is 1. The Morgan fingerprint density at radius 2 is 1.76 bits per heavy atom. The molecular weight excluding hydrogens is 319 g/mol. The summed E-state index contributed by atoms with van der Waals surface area (Å²) in [7, 11) is 1.61. The predicted octanol–water partition coefficient (Wildman–Crippen LogP) is 3.83. The maximum Gasteiger partial charge on any atom is 0.253 e. The summed E-state index contributed by atoms with van der Waals surface area (Å²) in [6.07, 6.45) is 1.52. The van der Waals surface area contributed by atoms with Crippen LogP contribution in [0, 0.1) is 5.82 Å². The van der Waals surface area contributed by atoms with E-state index in [2.05, 4.69) is 10.3 Å². The number of nitrogens with one attached hydrogen (secondary N) is 1. The molecule has 1 N–H and O–H groups in total. The van der Waals surface area contributed by atoms with Crippen molar-refractivity contribution in [3.8, 4) is 17.0 Å². The van der Waals surface area contributed by atoms with Gasteiger partial charge in [0.1, 0.15) is 11.6 Å². The van der Waals surface area contributed by atoms with Gasteiger partial charge in [-0.05, 0) is 54.1 Å². The fourth-order valence-electron chi connectivity index (χ4n) is 2.35. The number of nitrogens with zero attached hydrogens (tertiary/aromatic N) is 1. The molecule has 0 atom stereocenters. The van der Waals surface area contributed by atoms with Gasteiger partial charge in [0.2, 0.25) is 0 Å². The Kier molecular flexibility index (Phi) is 5.04. The van der Waals surface area contributed by atoms with Crippen LogP contribution in [0.2, 0.25) is 0 Å². The third kappa shape index (κ3) is 4.20. The molecule has 5 heteroatoms. The van der Waals surface area contributed by atoms with Crippen LogP contribution in [0.1, 0.15) is 15.9 Å². The maximum absolute atomic E-state index is 13.0. The molecule has 0 fully saturated rings. The smallest absolute Gasteiger partial charge is 0.253 e. The van der Waals surface area contributed by atoms with Crippen LogP contribution in [-0.4, -0.2) is 18.0 Å². The van der Waals surface area contributed by atoms with Crippen molar-refractivity contribution in [1.82, 2.24) is 10.3 Å². The minimum absolute atomic E-state index is 0.200. The quantitative estimate of drug-likeness (QED) is 0.770. The van der Waals surface area contributed by atoms with E-state index in [1.165, 1.54) is 18.3 Å². The number of hydrogen-bond acceptors (Lipinski definition) is 3. The SMILES string of the molecule is COc1ccc(CNC(=O)c2ccc(-c3ccc(F)cc3)nc2)cc1. The molecule has 0 radical (unpaired) electrons. The zero-order chi connectivity index (χ0) is 17.6.